The van der Waals surface area contributed by atoms with Gasteiger partial charge < -0.3 is 0 Å². The van der Waals surface area contributed by atoms with Gasteiger partial charge in [-0.1, -0.05) is 0 Å². The number of fused-ring (bicyclic) bond motifs is 2. The van der Waals surface area contributed by atoms with Crippen molar-refractivity contribution in [2.75, 3.05) is 10.6 Å². The quantitative estimate of drug-likeness (QED) is 0.640. The van der Waals surface area contributed by atoms with Crippen molar-refractivity contribution >= 4 is 59.2 Å². The Morgan fingerprint density at radius 2 is 2.05 bits per heavy atom. The van der Waals surface area contributed by atoms with Gasteiger partial charge in [0.2, 0.25) is 0 Å². The van der Waals surface area contributed by atoms with E-state index in [2.05, 4.69) is 34.5 Å². The van der Waals surface area contributed by atoms with E-state index in [0.29, 0.717) is 0 Å². The van der Waals surface area contributed by atoms with E-state index in [-0.39, 0.29) is 20.9 Å². The van der Waals surface area contributed by atoms with E-state index in [1.807, 2.05) is 36.4 Å². The monoisotopic (exact) mass is 408 g/mol. The van der Waals surface area contributed by atoms with E-state index in [1.165, 1.54) is 0 Å². The molecule has 1 aromatic heterocycles. The minimum atomic E-state index is -0.426. The molecule has 1 aliphatic heterocycles. The third-order valence-electron chi connectivity index (χ3n) is 3.45. The number of hydrogen-bond acceptors (Lipinski definition) is 4. The molecule has 1 amide bonds. The fourth-order valence-corrected chi connectivity index (χ4v) is 4.24. The zero-order chi connectivity index (χ0) is 14.4. The van der Waals surface area contributed by atoms with Crippen LogP contribution in [0.1, 0.15) is 11.6 Å². The van der Waals surface area contributed by atoms with Gasteiger partial charge in [0.15, 0.2) is 0 Å². The molecule has 0 saturated heterocycles. The Labute approximate surface area is 135 Å². The maximum absolute atomic E-state index is 12.2. The van der Waals surface area contributed by atoms with Crippen molar-refractivity contribution in [1.82, 2.24) is 7.96 Å². The van der Waals surface area contributed by atoms with Gasteiger partial charge in [-0.25, -0.2) is 0 Å². The molecule has 1 atom stereocenters. The van der Waals surface area contributed by atoms with E-state index in [4.69, 9.17) is 0 Å². The second-order valence-corrected chi connectivity index (χ2v) is 6.67. The number of nitrogens with one attached hydrogen (secondary N) is 2. The molecule has 2 N–H and O–H groups in total. The standard InChI is InChI=1S/C14H9BrN4OSe/c15-7-3-1-4-8-11(7)13(14(20)17-8)16-9-5-2-6-10-12(9)19-21-18-10/h1-6,13,16H,(H,17,20). The van der Waals surface area contributed by atoms with Crippen molar-refractivity contribution in [3.63, 3.8) is 0 Å². The average molecular weight is 408 g/mol. The van der Waals surface area contributed by atoms with Gasteiger partial charge in [-0.3, -0.25) is 0 Å². The maximum atomic E-state index is 12.2. The van der Waals surface area contributed by atoms with Gasteiger partial charge in [0.05, 0.1) is 0 Å². The Kier molecular flexibility index (Phi) is 3.06. The van der Waals surface area contributed by atoms with Crippen LogP contribution >= 0.6 is 15.9 Å². The van der Waals surface area contributed by atoms with E-state index >= 15 is 0 Å². The van der Waals surface area contributed by atoms with Crippen LogP contribution in [-0.4, -0.2) is 28.8 Å². The first-order valence-corrected chi connectivity index (χ1v) is 8.63. The Morgan fingerprint density at radius 1 is 1.19 bits per heavy atom. The number of nitrogens with zero attached hydrogens (tertiary/aromatic N) is 2. The molecular formula is C14H9BrN4OSe. The molecular weight excluding hydrogens is 399 g/mol. The third-order valence-corrected chi connectivity index (χ3v) is 5.28. The van der Waals surface area contributed by atoms with Crippen LogP contribution in [0.4, 0.5) is 11.4 Å². The number of halogens is 1. The summed E-state index contributed by atoms with van der Waals surface area (Å²) < 4.78 is 9.71. The van der Waals surface area contributed by atoms with Crippen molar-refractivity contribution in [3.05, 3.63) is 46.4 Å². The van der Waals surface area contributed by atoms with E-state index in [9.17, 15) is 4.79 Å². The topological polar surface area (TPSA) is 66.9 Å². The second kappa shape index (κ2) is 4.94. The zero-order valence-corrected chi connectivity index (χ0v) is 13.9. The van der Waals surface area contributed by atoms with Gasteiger partial charge in [0.1, 0.15) is 0 Å². The number of hydrogen-bond donors (Lipinski definition) is 2. The van der Waals surface area contributed by atoms with Crippen LogP contribution in [0.3, 0.4) is 0 Å². The molecule has 3 aromatic rings. The third kappa shape index (κ3) is 2.09. The summed E-state index contributed by atoms with van der Waals surface area (Å²) in [4.78, 5) is 12.2. The first kappa shape index (κ1) is 13.0. The normalized spacial score (nSPS) is 16.8. The molecule has 0 aliphatic carbocycles. The summed E-state index contributed by atoms with van der Waals surface area (Å²) in [6.07, 6.45) is 0. The zero-order valence-electron chi connectivity index (χ0n) is 10.6. The van der Waals surface area contributed by atoms with E-state index in [1.54, 1.807) is 0 Å². The Morgan fingerprint density at radius 3 is 2.95 bits per heavy atom. The molecule has 5 nitrogen and oxygen atoms in total. The molecule has 0 saturated carbocycles. The van der Waals surface area contributed by atoms with Gasteiger partial charge in [0.25, 0.3) is 0 Å². The van der Waals surface area contributed by atoms with E-state index < -0.39 is 6.04 Å². The van der Waals surface area contributed by atoms with Gasteiger partial charge >= 0.3 is 135 Å². The van der Waals surface area contributed by atoms with Crippen LogP contribution < -0.4 is 10.6 Å². The predicted octanol–water partition coefficient (Wildman–Crippen LogP) is 2.55. The van der Waals surface area contributed by atoms with Crippen LogP contribution in [0.15, 0.2) is 40.9 Å². The Bertz CT molecular complexity index is 863. The molecule has 2 aromatic carbocycles. The van der Waals surface area contributed by atoms with Crippen molar-refractivity contribution in [1.29, 1.82) is 0 Å². The van der Waals surface area contributed by atoms with Gasteiger partial charge in [0, 0.05) is 0 Å². The second-order valence-electron chi connectivity index (χ2n) is 4.71. The Balaban J connectivity index is 1.79. The summed E-state index contributed by atoms with van der Waals surface area (Å²) in [5, 5.41) is 6.20. The fraction of sp³-hybridized carbons (Fsp3) is 0.0714. The summed E-state index contributed by atoms with van der Waals surface area (Å²) in [7, 11) is 0. The van der Waals surface area contributed by atoms with Crippen LogP contribution in [-0.2, 0) is 4.79 Å². The molecule has 2 heterocycles. The Hall–Kier alpha value is -1.69. The average Bonchev–Trinajstić information content (AvgIpc) is 3.05. The summed E-state index contributed by atoms with van der Waals surface area (Å²) in [6.45, 7) is 0. The first-order chi connectivity index (χ1) is 10.2. The van der Waals surface area contributed by atoms with Crippen molar-refractivity contribution < 1.29 is 4.79 Å². The van der Waals surface area contributed by atoms with Gasteiger partial charge in [-0.15, -0.1) is 0 Å². The number of rotatable bonds is 2. The molecule has 21 heavy (non-hydrogen) atoms. The number of anilines is 2. The number of carbonyl (C=O) groups is 1. The summed E-state index contributed by atoms with van der Waals surface area (Å²) in [6, 6.07) is 11.1. The summed E-state index contributed by atoms with van der Waals surface area (Å²) >= 11 is 3.43. The van der Waals surface area contributed by atoms with Crippen LogP contribution in [0.2, 0.25) is 0 Å². The van der Waals surface area contributed by atoms with Crippen LogP contribution in [0, 0.1) is 0 Å². The molecule has 0 spiro atoms. The predicted molar refractivity (Wildman–Crippen MR) is 85.6 cm³/mol. The van der Waals surface area contributed by atoms with Crippen molar-refractivity contribution in [2.45, 2.75) is 6.04 Å². The molecule has 1 unspecified atom stereocenters. The molecule has 0 bridgehead atoms. The van der Waals surface area contributed by atoms with Gasteiger partial charge in [-0.05, 0) is 0 Å². The summed E-state index contributed by atoms with van der Waals surface area (Å²) in [5.74, 6) is -0.0602. The molecule has 104 valence electrons. The summed E-state index contributed by atoms with van der Waals surface area (Å²) in [5.41, 5.74) is 4.36. The van der Waals surface area contributed by atoms with Crippen molar-refractivity contribution in [2.24, 2.45) is 0 Å². The number of aromatic nitrogens is 2. The molecule has 1 aliphatic rings. The van der Waals surface area contributed by atoms with Crippen LogP contribution in [0.5, 0.6) is 0 Å². The van der Waals surface area contributed by atoms with Gasteiger partial charge in [-0.2, -0.15) is 0 Å². The number of amides is 1. The molecule has 4 rings (SSSR count). The van der Waals surface area contributed by atoms with Crippen molar-refractivity contribution in [3.8, 4) is 0 Å². The van der Waals surface area contributed by atoms with Crippen LogP contribution in [0.25, 0.3) is 11.0 Å². The fourth-order valence-electron chi connectivity index (χ4n) is 2.49. The first-order valence-electron chi connectivity index (χ1n) is 6.31. The minimum absolute atomic E-state index is 0.0602. The molecule has 7 heteroatoms. The van der Waals surface area contributed by atoms with E-state index in [0.717, 1.165) is 32.4 Å². The molecule has 0 fully saturated rings. The SMILES string of the molecule is O=C1Nc2cccc(Br)c2C1Nc1cccc2n[se]nc12. The number of benzene rings is 2. The number of carbonyl (C=O) groups excluding carboxylic acids is 1. The molecule has 0 radical (unpaired) electrons.